The molecule has 2 atom stereocenters. The number of likely N-dealkylation sites (tertiary alicyclic amines) is 1. The van der Waals surface area contributed by atoms with E-state index in [4.69, 9.17) is 17.3 Å². The fourth-order valence-electron chi connectivity index (χ4n) is 2.83. The highest BCUT2D eigenvalue weighted by Gasteiger charge is 2.31. The summed E-state index contributed by atoms with van der Waals surface area (Å²) in [5.41, 5.74) is 6.42. The Kier molecular flexibility index (Phi) is 3.93. The molecule has 1 aromatic carbocycles. The van der Waals surface area contributed by atoms with Crippen LogP contribution < -0.4 is 5.73 Å². The maximum atomic E-state index is 13.9. The number of hydrogen-bond acceptors (Lipinski definition) is 4. The number of halogens is 2. The van der Waals surface area contributed by atoms with E-state index in [2.05, 4.69) is 15.0 Å². The Hall–Kier alpha value is -1.50. The van der Waals surface area contributed by atoms with Crippen molar-refractivity contribution in [2.24, 2.45) is 5.73 Å². The highest BCUT2D eigenvalue weighted by atomic mass is 35.5. The van der Waals surface area contributed by atoms with Gasteiger partial charge in [-0.05, 0) is 25.6 Å². The molecule has 21 heavy (non-hydrogen) atoms. The predicted molar refractivity (Wildman–Crippen MR) is 78.5 cm³/mol. The van der Waals surface area contributed by atoms with Crippen LogP contribution in [0.15, 0.2) is 24.5 Å². The van der Waals surface area contributed by atoms with Gasteiger partial charge in [0.1, 0.15) is 18.0 Å². The fraction of sp³-hybridized carbons (Fsp3) is 0.429. The Morgan fingerprint density at radius 2 is 2.29 bits per heavy atom. The summed E-state index contributed by atoms with van der Waals surface area (Å²) >= 11 is 6.08. The third-order valence-corrected chi connectivity index (χ3v) is 4.25. The largest absolute Gasteiger partial charge is 0.326 e. The molecular weight excluding hydrogens is 293 g/mol. The average molecular weight is 310 g/mol. The molecule has 1 aliphatic heterocycles. The van der Waals surface area contributed by atoms with E-state index in [-0.39, 0.29) is 24.4 Å². The Labute approximate surface area is 127 Å². The van der Waals surface area contributed by atoms with Crippen LogP contribution in [0.3, 0.4) is 0 Å². The number of nitrogens with two attached hydrogens (primary N) is 1. The second-order valence-corrected chi connectivity index (χ2v) is 5.83. The lowest BCUT2D eigenvalue weighted by Crippen LogP contribution is -2.25. The molecule has 0 amide bonds. The van der Waals surface area contributed by atoms with Crippen LogP contribution in [0.2, 0.25) is 5.02 Å². The van der Waals surface area contributed by atoms with Gasteiger partial charge in [0.15, 0.2) is 0 Å². The molecule has 3 rings (SSSR count). The summed E-state index contributed by atoms with van der Waals surface area (Å²) < 4.78 is 15.6. The smallest absolute Gasteiger partial charge is 0.144 e. The standard InChI is InChI=1S/C14H17ClFN5/c1-20-6-9(17)5-13(20)14-18-8-19-21(14)7-10-11(15)3-2-4-12(10)16/h2-4,8-9,13H,5-7,17H2,1H3/t9-,13-/m0/s1. The average Bonchev–Trinajstić information content (AvgIpc) is 3.00. The minimum atomic E-state index is -0.333. The fourth-order valence-corrected chi connectivity index (χ4v) is 3.05. The molecule has 0 spiro atoms. The van der Waals surface area contributed by atoms with Gasteiger partial charge < -0.3 is 5.73 Å². The van der Waals surface area contributed by atoms with Crippen molar-refractivity contribution in [1.29, 1.82) is 0 Å². The second kappa shape index (κ2) is 5.71. The number of hydrogen-bond donors (Lipinski definition) is 1. The number of nitrogens with zero attached hydrogens (tertiary/aromatic N) is 4. The molecule has 1 aromatic heterocycles. The molecule has 5 nitrogen and oxygen atoms in total. The summed E-state index contributed by atoms with van der Waals surface area (Å²) in [7, 11) is 2.01. The van der Waals surface area contributed by atoms with Gasteiger partial charge in [-0.1, -0.05) is 17.7 Å². The van der Waals surface area contributed by atoms with E-state index in [1.165, 1.54) is 12.4 Å². The molecule has 0 aliphatic carbocycles. The van der Waals surface area contributed by atoms with Crippen molar-refractivity contribution in [2.75, 3.05) is 13.6 Å². The summed E-state index contributed by atoms with van der Waals surface area (Å²) in [5.74, 6) is 0.463. The van der Waals surface area contributed by atoms with Crippen LogP contribution >= 0.6 is 11.6 Å². The molecule has 2 aromatic rings. The predicted octanol–water partition coefficient (Wildman–Crippen LogP) is 1.82. The van der Waals surface area contributed by atoms with Crippen molar-refractivity contribution in [3.8, 4) is 0 Å². The van der Waals surface area contributed by atoms with Crippen molar-refractivity contribution >= 4 is 11.6 Å². The van der Waals surface area contributed by atoms with Crippen LogP contribution in [0.1, 0.15) is 23.9 Å². The van der Waals surface area contributed by atoms with Gasteiger partial charge >= 0.3 is 0 Å². The minimum absolute atomic E-state index is 0.105. The molecule has 1 aliphatic rings. The number of likely N-dealkylation sites (N-methyl/N-ethyl adjacent to an activating group) is 1. The second-order valence-electron chi connectivity index (χ2n) is 5.43. The number of aromatic nitrogens is 3. The maximum absolute atomic E-state index is 13.9. The molecule has 112 valence electrons. The minimum Gasteiger partial charge on any atom is -0.326 e. The Morgan fingerprint density at radius 3 is 2.95 bits per heavy atom. The van der Waals surface area contributed by atoms with E-state index < -0.39 is 0 Å². The first-order valence-electron chi connectivity index (χ1n) is 6.82. The molecule has 2 N–H and O–H groups in total. The highest BCUT2D eigenvalue weighted by Crippen LogP contribution is 2.29. The zero-order valence-electron chi connectivity index (χ0n) is 11.7. The van der Waals surface area contributed by atoms with Gasteiger partial charge in [0.2, 0.25) is 0 Å². The normalized spacial score (nSPS) is 22.9. The van der Waals surface area contributed by atoms with Crippen molar-refractivity contribution in [1.82, 2.24) is 19.7 Å². The zero-order valence-corrected chi connectivity index (χ0v) is 12.5. The van der Waals surface area contributed by atoms with Gasteiger partial charge in [-0.15, -0.1) is 0 Å². The quantitative estimate of drug-likeness (QED) is 0.939. The summed E-state index contributed by atoms with van der Waals surface area (Å²) in [6.45, 7) is 1.08. The van der Waals surface area contributed by atoms with Crippen LogP contribution in [-0.2, 0) is 6.54 Å². The van der Waals surface area contributed by atoms with Gasteiger partial charge in [-0.25, -0.2) is 14.1 Å². The first-order chi connectivity index (χ1) is 10.1. The monoisotopic (exact) mass is 309 g/mol. The van der Waals surface area contributed by atoms with E-state index in [9.17, 15) is 4.39 Å². The Balaban J connectivity index is 1.90. The first kappa shape index (κ1) is 14.4. The van der Waals surface area contributed by atoms with Crippen molar-refractivity contribution in [2.45, 2.75) is 25.0 Å². The van der Waals surface area contributed by atoms with Gasteiger partial charge in [0.05, 0.1) is 12.6 Å². The molecule has 0 radical (unpaired) electrons. The maximum Gasteiger partial charge on any atom is 0.144 e. The molecule has 1 fully saturated rings. The molecule has 2 heterocycles. The van der Waals surface area contributed by atoms with Crippen LogP contribution in [0.5, 0.6) is 0 Å². The summed E-state index contributed by atoms with van der Waals surface area (Å²) in [6.07, 6.45) is 2.31. The van der Waals surface area contributed by atoms with E-state index >= 15 is 0 Å². The van der Waals surface area contributed by atoms with Gasteiger partial charge in [-0.3, -0.25) is 4.90 Å². The van der Waals surface area contributed by atoms with E-state index in [0.717, 1.165) is 18.8 Å². The summed E-state index contributed by atoms with van der Waals surface area (Å²) in [6, 6.07) is 4.90. The van der Waals surface area contributed by atoms with E-state index in [0.29, 0.717) is 10.6 Å². The van der Waals surface area contributed by atoms with Crippen molar-refractivity contribution in [3.63, 3.8) is 0 Å². The Bertz CT molecular complexity index is 624. The third-order valence-electron chi connectivity index (χ3n) is 3.89. The van der Waals surface area contributed by atoms with Crippen LogP contribution in [0.25, 0.3) is 0 Å². The Morgan fingerprint density at radius 1 is 1.48 bits per heavy atom. The zero-order chi connectivity index (χ0) is 15.0. The van der Waals surface area contributed by atoms with Crippen LogP contribution in [0, 0.1) is 5.82 Å². The number of rotatable bonds is 3. The van der Waals surface area contributed by atoms with Crippen molar-refractivity contribution in [3.05, 3.63) is 46.8 Å². The van der Waals surface area contributed by atoms with Gasteiger partial charge in [0, 0.05) is 23.2 Å². The third kappa shape index (κ3) is 2.79. The van der Waals surface area contributed by atoms with Gasteiger partial charge in [0.25, 0.3) is 0 Å². The molecule has 0 unspecified atom stereocenters. The number of benzene rings is 1. The lowest BCUT2D eigenvalue weighted by atomic mass is 10.1. The van der Waals surface area contributed by atoms with Gasteiger partial charge in [-0.2, -0.15) is 5.10 Å². The highest BCUT2D eigenvalue weighted by molar-refractivity contribution is 6.31. The topological polar surface area (TPSA) is 60.0 Å². The van der Waals surface area contributed by atoms with Crippen molar-refractivity contribution < 1.29 is 4.39 Å². The molecular formula is C14H17ClFN5. The lowest BCUT2D eigenvalue weighted by molar-refractivity contribution is 0.295. The summed E-state index contributed by atoms with van der Waals surface area (Å²) in [5, 5.41) is 4.61. The SMILES string of the molecule is CN1C[C@@H](N)C[C@H]1c1ncnn1Cc1c(F)cccc1Cl. The molecule has 1 saturated heterocycles. The van der Waals surface area contributed by atoms with Crippen LogP contribution in [0.4, 0.5) is 4.39 Å². The molecule has 7 heteroatoms. The first-order valence-corrected chi connectivity index (χ1v) is 7.20. The van der Waals surface area contributed by atoms with Crippen LogP contribution in [-0.4, -0.2) is 39.3 Å². The molecule has 0 saturated carbocycles. The van der Waals surface area contributed by atoms with E-state index in [1.807, 2.05) is 7.05 Å². The van der Waals surface area contributed by atoms with E-state index in [1.54, 1.807) is 16.8 Å². The molecule has 0 bridgehead atoms. The summed E-state index contributed by atoms with van der Waals surface area (Å²) in [4.78, 5) is 6.47. The lowest BCUT2D eigenvalue weighted by Gasteiger charge is -2.19.